The molecule has 2 nitrogen and oxygen atoms in total. The van der Waals surface area contributed by atoms with Gasteiger partial charge < -0.3 is 9.47 Å². The van der Waals surface area contributed by atoms with Crippen molar-refractivity contribution in [2.75, 3.05) is 7.11 Å². The molecule has 2 heteroatoms. The molecule has 2 aromatic carbocycles. The summed E-state index contributed by atoms with van der Waals surface area (Å²) in [4.78, 5) is 0. The zero-order valence-corrected chi connectivity index (χ0v) is 9.67. The van der Waals surface area contributed by atoms with Crippen molar-refractivity contribution >= 4 is 0 Å². The highest BCUT2D eigenvalue weighted by atomic mass is 16.6. The van der Waals surface area contributed by atoms with Crippen LogP contribution in [-0.2, 0) is 4.74 Å². The molecular weight excluding hydrogens is 212 g/mol. The Kier molecular flexibility index (Phi) is 2.57. The Morgan fingerprint density at radius 2 is 1.41 bits per heavy atom. The van der Waals surface area contributed by atoms with Crippen molar-refractivity contribution in [2.45, 2.75) is 12.2 Å². The molecule has 0 bridgehead atoms. The van der Waals surface area contributed by atoms with Gasteiger partial charge in [-0.3, -0.25) is 0 Å². The first-order valence-electron chi connectivity index (χ1n) is 5.73. The number of ether oxygens (including phenoxy) is 2. The van der Waals surface area contributed by atoms with Crippen molar-refractivity contribution in [1.29, 1.82) is 0 Å². The minimum absolute atomic E-state index is 0.198. The van der Waals surface area contributed by atoms with Gasteiger partial charge in [-0.15, -0.1) is 0 Å². The standard InChI is InChI=1S/C15H14O2/c1-16-13-9-7-12(8-10-13)15-14(17-15)11-5-3-2-4-6-11/h2-10,14-15H,1H3. The summed E-state index contributed by atoms with van der Waals surface area (Å²) >= 11 is 0. The average molecular weight is 226 g/mol. The number of hydrogen-bond donors (Lipinski definition) is 0. The second-order valence-corrected chi connectivity index (χ2v) is 4.16. The first-order valence-corrected chi connectivity index (χ1v) is 5.73. The average Bonchev–Trinajstić information content (AvgIpc) is 3.20. The van der Waals surface area contributed by atoms with Gasteiger partial charge in [-0.2, -0.15) is 0 Å². The van der Waals surface area contributed by atoms with Crippen molar-refractivity contribution < 1.29 is 9.47 Å². The van der Waals surface area contributed by atoms with Crippen LogP contribution in [0.15, 0.2) is 54.6 Å². The van der Waals surface area contributed by atoms with Crippen LogP contribution in [0.1, 0.15) is 23.3 Å². The van der Waals surface area contributed by atoms with Crippen molar-refractivity contribution in [3.8, 4) is 5.75 Å². The van der Waals surface area contributed by atoms with E-state index in [1.165, 1.54) is 11.1 Å². The fraction of sp³-hybridized carbons (Fsp3) is 0.200. The van der Waals surface area contributed by atoms with Gasteiger partial charge in [0, 0.05) is 0 Å². The van der Waals surface area contributed by atoms with Crippen molar-refractivity contribution in [2.24, 2.45) is 0 Å². The summed E-state index contributed by atoms with van der Waals surface area (Å²) in [7, 11) is 1.68. The van der Waals surface area contributed by atoms with Gasteiger partial charge in [-0.05, 0) is 23.3 Å². The van der Waals surface area contributed by atoms with E-state index >= 15 is 0 Å². The molecule has 86 valence electrons. The van der Waals surface area contributed by atoms with Crippen LogP contribution < -0.4 is 4.74 Å². The van der Waals surface area contributed by atoms with Gasteiger partial charge in [0.15, 0.2) is 0 Å². The van der Waals surface area contributed by atoms with Crippen LogP contribution in [0.25, 0.3) is 0 Å². The summed E-state index contributed by atoms with van der Waals surface area (Å²) in [6.45, 7) is 0. The van der Waals surface area contributed by atoms with E-state index < -0.39 is 0 Å². The Balaban J connectivity index is 1.76. The summed E-state index contributed by atoms with van der Waals surface area (Å²) in [5, 5.41) is 0. The predicted molar refractivity (Wildman–Crippen MR) is 66.0 cm³/mol. The minimum Gasteiger partial charge on any atom is -0.497 e. The van der Waals surface area contributed by atoms with Gasteiger partial charge in [0.05, 0.1) is 7.11 Å². The maximum Gasteiger partial charge on any atom is 0.118 e. The largest absolute Gasteiger partial charge is 0.497 e. The molecule has 2 unspecified atom stereocenters. The number of rotatable bonds is 3. The number of hydrogen-bond acceptors (Lipinski definition) is 2. The molecule has 0 spiro atoms. The molecule has 17 heavy (non-hydrogen) atoms. The Morgan fingerprint density at radius 1 is 0.824 bits per heavy atom. The van der Waals surface area contributed by atoms with E-state index in [-0.39, 0.29) is 12.2 Å². The lowest BCUT2D eigenvalue weighted by molar-refractivity contribution is 0.377. The topological polar surface area (TPSA) is 21.8 Å². The second-order valence-electron chi connectivity index (χ2n) is 4.16. The Bertz CT molecular complexity index is 490. The van der Waals surface area contributed by atoms with E-state index in [0.29, 0.717) is 0 Å². The van der Waals surface area contributed by atoms with Gasteiger partial charge in [-0.25, -0.2) is 0 Å². The maximum atomic E-state index is 5.72. The van der Waals surface area contributed by atoms with Crippen LogP contribution in [0.5, 0.6) is 5.75 Å². The Morgan fingerprint density at radius 3 is 2.00 bits per heavy atom. The maximum absolute atomic E-state index is 5.72. The summed E-state index contributed by atoms with van der Waals surface area (Å²) in [5.41, 5.74) is 2.45. The molecule has 2 atom stereocenters. The molecule has 0 amide bonds. The highest BCUT2D eigenvalue weighted by molar-refractivity contribution is 5.33. The molecule has 0 aliphatic carbocycles. The molecule has 3 rings (SSSR count). The van der Waals surface area contributed by atoms with Gasteiger partial charge in [-0.1, -0.05) is 42.5 Å². The minimum atomic E-state index is 0.198. The molecule has 1 saturated heterocycles. The molecule has 1 heterocycles. The number of epoxide rings is 1. The smallest absolute Gasteiger partial charge is 0.118 e. The van der Waals surface area contributed by atoms with E-state index in [9.17, 15) is 0 Å². The van der Waals surface area contributed by atoms with Crippen LogP contribution in [0, 0.1) is 0 Å². The zero-order valence-electron chi connectivity index (χ0n) is 9.67. The molecule has 1 fully saturated rings. The van der Waals surface area contributed by atoms with E-state index in [1.54, 1.807) is 7.11 Å². The van der Waals surface area contributed by atoms with Gasteiger partial charge >= 0.3 is 0 Å². The monoisotopic (exact) mass is 226 g/mol. The highest BCUT2D eigenvalue weighted by Gasteiger charge is 2.41. The highest BCUT2D eigenvalue weighted by Crippen LogP contribution is 2.50. The van der Waals surface area contributed by atoms with Crippen molar-refractivity contribution in [3.05, 3.63) is 65.7 Å². The van der Waals surface area contributed by atoms with Gasteiger partial charge in [0.25, 0.3) is 0 Å². The molecule has 0 aromatic heterocycles. The van der Waals surface area contributed by atoms with Crippen LogP contribution in [-0.4, -0.2) is 7.11 Å². The van der Waals surface area contributed by atoms with Crippen LogP contribution in [0.3, 0.4) is 0 Å². The molecule has 1 aliphatic heterocycles. The zero-order chi connectivity index (χ0) is 11.7. The summed E-state index contributed by atoms with van der Waals surface area (Å²) in [6, 6.07) is 18.4. The quantitative estimate of drug-likeness (QED) is 0.747. The fourth-order valence-corrected chi connectivity index (χ4v) is 2.06. The SMILES string of the molecule is COc1ccc(C2OC2c2ccccc2)cc1. The molecule has 0 radical (unpaired) electrons. The molecule has 2 aromatic rings. The lowest BCUT2D eigenvalue weighted by atomic mass is 10.0. The third-order valence-corrected chi connectivity index (χ3v) is 3.06. The fourth-order valence-electron chi connectivity index (χ4n) is 2.06. The van der Waals surface area contributed by atoms with Crippen LogP contribution in [0.2, 0.25) is 0 Å². The third kappa shape index (κ3) is 2.04. The first-order chi connectivity index (χ1) is 8.38. The molecule has 1 aliphatic rings. The van der Waals surface area contributed by atoms with E-state index in [4.69, 9.17) is 9.47 Å². The third-order valence-electron chi connectivity index (χ3n) is 3.06. The normalized spacial score (nSPS) is 22.2. The van der Waals surface area contributed by atoms with Crippen LogP contribution in [0.4, 0.5) is 0 Å². The Hall–Kier alpha value is -1.80. The molecular formula is C15H14O2. The Labute approximate surface area is 101 Å². The lowest BCUT2D eigenvalue weighted by Gasteiger charge is -2.00. The first kappa shape index (κ1) is 10.4. The number of methoxy groups -OCH3 is 1. The summed E-state index contributed by atoms with van der Waals surface area (Å²) in [6.07, 6.45) is 0.410. The number of benzene rings is 2. The lowest BCUT2D eigenvalue weighted by Crippen LogP contribution is -1.86. The van der Waals surface area contributed by atoms with Gasteiger partial charge in [0.2, 0.25) is 0 Å². The van der Waals surface area contributed by atoms with Gasteiger partial charge in [0.1, 0.15) is 18.0 Å². The molecule has 0 saturated carbocycles. The van der Waals surface area contributed by atoms with E-state index in [0.717, 1.165) is 5.75 Å². The predicted octanol–water partition coefficient (Wildman–Crippen LogP) is 3.51. The second kappa shape index (κ2) is 4.22. The van der Waals surface area contributed by atoms with Crippen molar-refractivity contribution in [3.63, 3.8) is 0 Å². The van der Waals surface area contributed by atoms with E-state index in [2.05, 4.69) is 24.3 Å². The van der Waals surface area contributed by atoms with E-state index in [1.807, 2.05) is 30.3 Å². The summed E-state index contributed by atoms with van der Waals surface area (Å²) in [5.74, 6) is 0.880. The van der Waals surface area contributed by atoms with Crippen LogP contribution >= 0.6 is 0 Å². The van der Waals surface area contributed by atoms with Crippen molar-refractivity contribution in [1.82, 2.24) is 0 Å². The summed E-state index contributed by atoms with van der Waals surface area (Å²) < 4.78 is 10.9. The molecule has 0 N–H and O–H groups in total.